The van der Waals surface area contributed by atoms with E-state index >= 15 is 0 Å². The molecule has 2 rings (SSSR count). The van der Waals surface area contributed by atoms with Crippen molar-refractivity contribution in [1.82, 2.24) is 0 Å². The highest BCUT2D eigenvalue weighted by Crippen LogP contribution is 2.36. The number of hydrogen-bond acceptors (Lipinski definition) is 1. The average molecular weight is 315 g/mol. The third kappa shape index (κ3) is 3.76. The zero-order valence-corrected chi connectivity index (χ0v) is 12.1. The van der Waals surface area contributed by atoms with Crippen molar-refractivity contribution in [3.63, 3.8) is 0 Å². The van der Waals surface area contributed by atoms with Gasteiger partial charge in [-0.15, -0.1) is 0 Å². The van der Waals surface area contributed by atoms with Crippen LogP contribution >= 0.6 is 11.6 Å². The summed E-state index contributed by atoms with van der Waals surface area (Å²) in [6.45, 7) is 1.93. The maximum absolute atomic E-state index is 12.8. The summed E-state index contributed by atoms with van der Waals surface area (Å²) in [4.78, 5) is 10.8. The van der Waals surface area contributed by atoms with Gasteiger partial charge in [0.1, 0.15) is 6.29 Å². The second-order valence-electron chi connectivity index (χ2n) is 5.20. The molecule has 0 aromatic heterocycles. The monoisotopic (exact) mass is 314 g/mol. The minimum atomic E-state index is -4.45. The van der Waals surface area contributed by atoms with Crippen LogP contribution in [-0.2, 0) is 17.4 Å². The number of benzene rings is 1. The zero-order chi connectivity index (χ0) is 15.6. The average Bonchev–Trinajstić information content (AvgIpc) is 2.40. The smallest absolute Gasteiger partial charge is 0.298 e. The minimum Gasteiger partial charge on any atom is -0.298 e. The Hall–Kier alpha value is -1.55. The fraction of sp³-hybridized carbons (Fsp3) is 0.312. The van der Waals surface area contributed by atoms with Crippen LogP contribution in [0.15, 0.2) is 41.5 Å². The summed E-state index contributed by atoms with van der Waals surface area (Å²) < 4.78 is 38.5. The Morgan fingerprint density at radius 3 is 2.62 bits per heavy atom. The van der Waals surface area contributed by atoms with E-state index in [4.69, 9.17) is 11.6 Å². The normalized spacial score (nSPS) is 19.0. The third-order valence-electron chi connectivity index (χ3n) is 3.55. The van der Waals surface area contributed by atoms with Gasteiger partial charge in [-0.3, -0.25) is 4.79 Å². The first kappa shape index (κ1) is 15.8. The molecule has 0 aliphatic heterocycles. The Morgan fingerprint density at radius 2 is 2.05 bits per heavy atom. The predicted molar refractivity (Wildman–Crippen MR) is 76.2 cm³/mol. The SMILES string of the molecule is CC1CC(Cc2ccc(Cl)c(C(F)(F)F)c2)=CC=C1C=O. The minimum absolute atomic E-state index is 0.0943. The van der Waals surface area contributed by atoms with Crippen molar-refractivity contribution in [2.24, 2.45) is 5.92 Å². The summed E-state index contributed by atoms with van der Waals surface area (Å²) in [7, 11) is 0. The van der Waals surface area contributed by atoms with Crippen LogP contribution in [0.5, 0.6) is 0 Å². The molecule has 1 nitrogen and oxygen atoms in total. The van der Waals surface area contributed by atoms with Gasteiger partial charge >= 0.3 is 6.18 Å². The molecule has 0 radical (unpaired) electrons. The lowest BCUT2D eigenvalue weighted by Gasteiger charge is -2.19. The summed E-state index contributed by atoms with van der Waals surface area (Å²) >= 11 is 5.60. The van der Waals surface area contributed by atoms with Crippen molar-refractivity contribution in [2.75, 3.05) is 0 Å². The number of halogens is 4. The lowest BCUT2D eigenvalue weighted by molar-refractivity contribution is -0.137. The van der Waals surface area contributed by atoms with Crippen molar-refractivity contribution in [3.05, 3.63) is 57.6 Å². The molecule has 0 fully saturated rings. The molecule has 1 aliphatic rings. The van der Waals surface area contributed by atoms with Crippen molar-refractivity contribution in [2.45, 2.75) is 25.9 Å². The second-order valence-corrected chi connectivity index (χ2v) is 5.61. The number of carbonyl (C=O) groups is 1. The quantitative estimate of drug-likeness (QED) is 0.718. The summed E-state index contributed by atoms with van der Waals surface area (Å²) in [6.07, 6.45) is 1.01. The van der Waals surface area contributed by atoms with Gasteiger partial charge in [0.15, 0.2) is 0 Å². The molecule has 0 spiro atoms. The molecular weight excluding hydrogens is 301 g/mol. The Morgan fingerprint density at radius 1 is 1.33 bits per heavy atom. The van der Waals surface area contributed by atoms with E-state index in [0.29, 0.717) is 24.0 Å². The molecule has 0 bridgehead atoms. The van der Waals surface area contributed by atoms with Gasteiger partial charge in [0, 0.05) is 0 Å². The zero-order valence-electron chi connectivity index (χ0n) is 11.4. The van der Waals surface area contributed by atoms with Crippen LogP contribution in [0.3, 0.4) is 0 Å². The van der Waals surface area contributed by atoms with Gasteiger partial charge in [0.05, 0.1) is 10.6 Å². The number of alkyl halides is 3. The standard InChI is InChI=1S/C16H14ClF3O/c1-10-6-11(2-4-13(10)9-21)7-12-3-5-15(17)14(8-12)16(18,19)20/h2-5,8-10H,6-7H2,1H3. The maximum atomic E-state index is 12.8. The van der Waals surface area contributed by atoms with Crippen molar-refractivity contribution in [3.8, 4) is 0 Å². The number of hydrogen-bond donors (Lipinski definition) is 0. The van der Waals surface area contributed by atoms with E-state index in [2.05, 4.69) is 0 Å². The van der Waals surface area contributed by atoms with E-state index in [0.717, 1.165) is 17.9 Å². The van der Waals surface area contributed by atoms with Gasteiger partial charge < -0.3 is 0 Å². The van der Waals surface area contributed by atoms with E-state index in [1.165, 1.54) is 6.07 Å². The topological polar surface area (TPSA) is 17.1 Å². The van der Waals surface area contributed by atoms with Crippen molar-refractivity contribution >= 4 is 17.9 Å². The number of allylic oxidation sites excluding steroid dienone is 4. The van der Waals surface area contributed by atoms with Crippen LogP contribution in [0.25, 0.3) is 0 Å². The maximum Gasteiger partial charge on any atom is 0.417 e. The Kier molecular flexibility index (Phi) is 4.57. The van der Waals surface area contributed by atoms with Gasteiger partial charge in [-0.25, -0.2) is 0 Å². The van der Waals surface area contributed by atoms with Gasteiger partial charge in [-0.2, -0.15) is 13.2 Å². The van der Waals surface area contributed by atoms with Gasteiger partial charge in [0.2, 0.25) is 0 Å². The highest BCUT2D eigenvalue weighted by molar-refractivity contribution is 6.31. The molecule has 0 heterocycles. The molecule has 21 heavy (non-hydrogen) atoms. The van der Waals surface area contributed by atoms with Crippen LogP contribution in [0.2, 0.25) is 5.02 Å². The number of carbonyl (C=O) groups excluding carboxylic acids is 1. The van der Waals surface area contributed by atoms with Crippen LogP contribution in [-0.4, -0.2) is 6.29 Å². The fourth-order valence-electron chi connectivity index (χ4n) is 2.41. The fourth-order valence-corrected chi connectivity index (χ4v) is 2.63. The van der Waals surface area contributed by atoms with Crippen molar-refractivity contribution < 1.29 is 18.0 Å². The van der Waals surface area contributed by atoms with E-state index in [1.54, 1.807) is 12.1 Å². The Labute approximate surface area is 126 Å². The molecule has 5 heteroatoms. The Balaban J connectivity index is 2.24. The summed E-state index contributed by atoms with van der Waals surface area (Å²) in [5, 5.41) is -0.291. The Bertz CT molecular complexity index is 614. The van der Waals surface area contributed by atoms with E-state index in [-0.39, 0.29) is 10.9 Å². The van der Waals surface area contributed by atoms with Gasteiger partial charge in [-0.1, -0.05) is 42.3 Å². The molecule has 0 amide bonds. The molecular formula is C16H14ClF3O. The summed E-state index contributed by atoms with van der Waals surface area (Å²) in [5.41, 5.74) is 1.47. The van der Waals surface area contributed by atoms with Gasteiger partial charge in [-0.05, 0) is 42.0 Å². The van der Waals surface area contributed by atoms with Crippen LogP contribution < -0.4 is 0 Å². The van der Waals surface area contributed by atoms with E-state index < -0.39 is 11.7 Å². The predicted octanol–water partition coefficient (Wildman–Crippen LogP) is 4.99. The first-order valence-electron chi connectivity index (χ1n) is 6.51. The number of rotatable bonds is 3. The van der Waals surface area contributed by atoms with Crippen LogP contribution in [0, 0.1) is 5.92 Å². The molecule has 1 aromatic rings. The molecule has 1 aliphatic carbocycles. The molecule has 0 saturated heterocycles. The molecule has 1 unspecified atom stereocenters. The molecule has 0 saturated carbocycles. The lowest BCUT2D eigenvalue weighted by atomic mass is 9.86. The molecule has 112 valence electrons. The van der Waals surface area contributed by atoms with Crippen LogP contribution in [0.4, 0.5) is 13.2 Å². The van der Waals surface area contributed by atoms with Crippen molar-refractivity contribution in [1.29, 1.82) is 0 Å². The molecule has 1 aromatic carbocycles. The van der Waals surface area contributed by atoms with E-state index in [9.17, 15) is 18.0 Å². The lowest BCUT2D eigenvalue weighted by Crippen LogP contribution is -2.09. The van der Waals surface area contributed by atoms with Gasteiger partial charge in [0.25, 0.3) is 0 Å². The molecule has 1 atom stereocenters. The third-order valence-corrected chi connectivity index (χ3v) is 3.88. The summed E-state index contributed by atoms with van der Waals surface area (Å²) in [5.74, 6) is 0.0943. The summed E-state index contributed by atoms with van der Waals surface area (Å²) in [6, 6.07) is 3.97. The second kappa shape index (κ2) is 6.06. The number of aldehydes is 1. The van der Waals surface area contributed by atoms with Crippen LogP contribution in [0.1, 0.15) is 24.5 Å². The largest absolute Gasteiger partial charge is 0.417 e. The first-order chi connectivity index (χ1) is 9.81. The highest BCUT2D eigenvalue weighted by Gasteiger charge is 2.33. The molecule has 0 N–H and O–H groups in total. The van der Waals surface area contributed by atoms with E-state index in [1.807, 2.05) is 13.0 Å². The highest BCUT2D eigenvalue weighted by atomic mass is 35.5. The first-order valence-corrected chi connectivity index (χ1v) is 6.89.